The van der Waals surface area contributed by atoms with Gasteiger partial charge in [0.1, 0.15) is 11.3 Å². The minimum absolute atomic E-state index is 0.0799. The van der Waals surface area contributed by atoms with Gasteiger partial charge < -0.3 is 4.42 Å². The molecule has 1 heterocycles. The van der Waals surface area contributed by atoms with Crippen molar-refractivity contribution in [2.75, 3.05) is 0 Å². The predicted octanol–water partition coefficient (Wildman–Crippen LogP) is 5.68. The van der Waals surface area contributed by atoms with Crippen LogP contribution in [-0.4, -0.2) is 4.92 Å². The molecule has 4 rings (SSSR count). The van der Waals surface area contributed by atoms with E-state index in [0.29, 0.717) is 0 Å². The zero-order chi connectivity index (χ0) is 16.5. The summed E-state index contributed by atoms with van der Waals surface area (Å²) in [4.78, 5) is 10.6. The van der Waals surface area contributed by atoms with Gasteiger partial charge in [-0.25, -0.2) is 0 Å². The Morgan fingerprint density at radius 3 is 2.33 bits per heavy atom. The molecular formula is C20H13NO3. The SMILES string of the molecule is O=[N+]([O-])c1cccc(-c2cccc3oc(-c4ccccc4)cc23)c1. The average Bonchev–Trinajstić information content (AvgIpc) is 3.07. The van der Waals surface area contributed by atoms with E-state index in [2.05, 4.69) is 0 Å². The largest absolute Gasteiger partial charge is 0.456 e. The van der Waals surface area contributed by atoms with Gasteiger partial charge in [-0.15, -0.1) is 0 Å². The smallest absolute Gasteiger partial charge is 0.270 e. The second-order valence-electron chi connectivity index (χ2n) is 5.50. The van der Waals surface area contributed by atoms with Gasteiger partial charge in [0, 0.05) is 23.1 Å². The first-order valence-electron chi connectivity index (χ1n) is 7.55. The Bertz CT molecular complexity index is 1040. The fraction of sp³-hybridized carbons (Fsp3) is 0. The number of nitro benzene ring substituents is 1. The second kappa shape index (κ2) is 5.66. The number of benzene rings is 3. The molecule has 0 saturated carbocycles. The Labute approximate surface area is 138 Å². The highest BCUT2D eigenvalue weighted by Gasteiger charge is 2.13. The number of furan rings is 1. The van der Waals surface area contributed by atoms with Crippen LogP contribution < -0.4 is 0 Å². The minimum atomic E-state index is -0.381. The average molecular weight is 315 g/mol. The molecule has 24 heavy (non-hydrogen) atoms. The molecule has 0 bridgehead atoms. The number of hydrogen-bond acceptors (Lipinski definition) is 3. The lowest BCUT2D eigenvalue weighted by Crippen LogP contribution is -1.88. The Morgan fingerprint density at radius 1 is 0.792 bits per heavy atom. The van der Waals surface area contributed by atoms with E-state index in [-0.39, 0.29) is 10.6 Å². The molecule has 0 spiro atoms. The van der Waals surface area contributed by atoms with Crippen LogP contribution in [-0.2, 0) is 0 Å². The Balaban J connectivity index is 1.89. The number of hydrogen-bond donors (Lipinski definition) is 0. The summed E-state index contributed by atoms with van der Waals surface area (Å²) < 4.78 is 5.96. The molecule has 0 radical (unpaired) electrons. The van der Waals surface area contributed by atoms with Gasteiger partial charge in [-0.05, 0) is 23.3 Å². The maximum absolute atomic E-state index is 11.0. The first-order valence-corrected chi connectivity index (χ1v) is 7.55. The van der Waals surface area contributed by atoms with Gasteiger partial charge in [0.15, 0.2) is 0 Å². The maximum Gasteiger partial charge on any atom is 0.270 e. The lowest BCUT2D eigenvalue weighted by atomic mass is 10.0. The van der Waals surface area contributed by atoms with Gasteiger partial charge in [-0.1, -0.05) is 54.6 Å². The summed E-state index contributed by atoms with van der Waals surface area (Å²) in [6, 6.07) is 24.3. The van der Waals surface area contributed by atoms with Gasteiger partial charge in [-0.2, -0.15) is 0 Å². The molecule has 4 heteroatoms. The highest BCUT2D eigenvalue weighted by Crippen LogP contribution is 2.35. The third kappa shape index (κ3) is 2.44. The summed E-state index contributed by atoms with van der Waals surface area (Å²) in [5, 5.41) is 12.0. The van der Waals surface area contributed by atoms with E-state index in [0.717, 1.165) is 33.4 Å². The molecule has 0 atom stereocenters. The quantitative estimate of drug-likeness (QED) is 0.361. The molecule has 0 saturated heterocycles. The van der Waals surface area contributed by atoms with Crippen molar-refractivity contribution in [1.29, 1.82) is 0 Å². The molecule has 4 nitrogen and oxygen atoms in total. The Kier molecular flexibility index (Phi) is 3.35. The van der Waals surface area contributed by atoms with Crippen LogP contribution in [0.1, 0.15) is 0 Å². The van der Waals surface area contributed by atoms with Crippen LogP contribution in [0.25, 0.3) is 33.4 Å². The summed E-state index contributed by atoms with van der Waals surface area (Å²) >= 11 is 0. The lowest BCUT2D eigenvalue weighted by molar-refractivity contribution is -0.384. The fourth-order valence-corrected chi connectivity index (χ4v) is 2.84. The van der Waals surface area contributed by atoms with Crippen LogP contribution in [0.5, 0.6) is 0 Å². The van der Waals surface area contributed by atoms with E-state index in [4.69, 9.17) is 4.42 Å². The van der Waals surface area contributed by atoms with Gasteiger partial charge in [0.2, 0.25) is 0 Å². The van der Waals surface area contributed by atoms with Crippen molar-refractivity contribution in [2.45, 2.75) is 0 Å². The highest BCUT2D eigenvalue weighted by atomic mass is 16.6. The summed E-state index contributed by atoms with van der Waals surface area (Å²) in [6.45, 7) is 0. The van der Waals surface area contributed by atoms with Gasteiger partial charge in [0.25, 0.3) is 5.69 Å². The lowest BCUT2D eigenvalue weighted by Gasteiger charge is -2.02. The van der Waals surface area contributed by atoms with Crippen molar-refractivity contribution >= 4 is 16.7 Å². The van der Waals surface area contributed by atoms with Crippen LogP contribution >= 0.6 is 0 Å². The van der Waals surface area contributed by atoms with Crippen molar-refractivity contribution < 1.29 is 9.34 Å². The molecule has 0 aliphatic rings. The molecule has 0 unspecified atom stereocenters. The molecular weight excluding hydrogens is 302 g/mol. The first-order chi connectivity index (χ1) is 11.7. The molecule has 116 valence electrons. The third-order valence-electron chi connectivity index (χ3n) is 3.99. The molecule has 0 aliphatic heterocycles. The topological polar surface area (TPSA) is 56.3 Å². The van der Waals surface area contributed by atoms with Crippen molar-refractivity contribution in [2.24, 2.45) is 0 Å². The number of nitro groups is 1. The molecule has 3 aromatic carbocycles. The minimum Gasteiger partial charge on any atom is -0.456 e. The van der Waals surface area contributed by atoms with E-state index in [1.807, 2.05) is 60.7 Å². The van der Waals surface area contributed by atoms with Gasteiger partial charge >= 0.3 is 0 Å². The first kappa shape index (κ1) is 14.2. The van der Waals surface area contributed by atoms with Crippen LogP contribution in [0.4, 0.5) is 5.69 Å². The summed E-state index contributed by atoms with van der Waals surface area (Å²) in [7, 11) is 0. The van der Waals surface area contributed by atoms with E-state index >= 15 is 0 Å². The number of rotatable bonds is 3. The van der Waals surface area contributed by atoms with Crippen molar-refractivity contribution in [3.05, 3.63) is 89.0 Å². The van der Waals surface area contributed by atoms with Crippen LogP contribution in [0, 0.1) is 10.1 Å². The number of nitrogens with zero attached hydrogens (tertiary/aromatic N) is 1. The van der Waals surface area contributed by atoms with Crippen molar-refractivity contribution in [1.82, 2.24) is 0 Å². The Morgan fingerprint density at radius 2 is 1.54 bits per heavy atom. The van der Waals surface area contributed by atoms with Crippen LogP contribution in [0.15, 0.2) is 83.3 Å². The van der Waals surface area contributed by atoms with E-state index in [1.54, 1.807) is 12.1 Å². The zero-order valence-electron chi connectivity index (χ0n) is 12.7. The van der Waals surface area contributed by atoms with Crippen LogP contribution in [0.2, 0.25) is 0 Å². The van der Waals surface area contributed by atoms with E-state index in [9.17, 15) is 10.1 Å². The molecule has 4 aromatic rings. The molecule has 0 amide bonds. The van der Waals surface area contributed by atoms with E-state index < -0.39 is 0 Å². The maximum atomic E-state index is 11.0. The fourth-order valence-electron chi connectivity index (χ4n) is 2.84. The molecule has 0 N–H and O–H groups in total. The monoisotopic (exact) mass is 315 g/mol. The molecule has 0 aliphatic carbocycles. The van der Waals surface area contributed by atoms with Gasteiger partial charge in [0.05, 0.1) is 4.92 Å². The summed E-state index contributed by atoms with van der Waals surface area (Å²) in [5.74, 6) is 0.781. The van der Waals surface area contributed by atoms with E-state index in [1.165, 1.54) is 6.07 Å². The normalized spacial score (nSPS) is 10.8. The highest BCUT2D eigenvalue weighted by molar-refractivity contribution is 5.96. The second-order valence-corrected chi connectivity index (χ2v) is 5.50. The number of fused-ring (bicyclic) bond motifs is 1. The predicted molar refractivity (Wildman–Crippen MR) is 93.7 cm³/mol. The summed E-state index contributed by atoms with van der Waals surface area (Å²) in [6.07, 6.45) is 0. The standard InChI is InChI=1S/C20H13NO3/c22-21(23)16-9-4-8-15(12-16)17-10-5-11-19-18(17)13-20(24-19)14-6-2-1-3-7-14/h1-13H. The van der Waals surface area contributed by atoms with Gasteiger partial charge in [-0.3, -0.25) is 10.1 Å². The summed E-state index contributed by atoms with van der Waals surface area (Å²) in [5.41, 5.74) is 3.56. The molecule has 0 fully saturated rings. The number of non-ortho nitro benzene ring substituents is 1. The molecule has 1 aromatic heterocycles. The third-order valence-corrected chi connectivity index (χ3v) is 3.99. The van der Waals surface area contributed by atoms with Crippen LogP contribution in [0.3, 0.4) is 0 Å². The Hall–Kier alpha value is -3.40. The zero-order valence-corrected chi connectivity index (χ0v) is 12.7. The van der Waals surface area contributed by atoms with Crippen molar-refractivity contribution in [3.8, 4) is 22.5 Å². The van der Waals surface area contributed by atoms with Crippen molar-refractivity contribution in [3.63, 3.8) is 0 Å².